The third-order valence-electron chi connectivity index (χ3n) is 2.83. The van der Waals surface area contributed by atoms with Crippen LogP contribution in [-0.4, -0.2) is 0 Å². The summed E-state index contributed by atoms with van der Waals surface area (Å²) in [6.45, 7) is 4.31. The summed E-state index contributed by atoms with van der Waals surface area (Å²) in [7, 11) is 0. The Hall–Kier alpha value is -0.380. The van der Waals surface area contributed by atoms with Gasteiger partial charge in [-0.2, -0.15) is 0 Å². The smallest absolute Gasteiger partial charge is 0.0471 e. The molecule has 2 nitrogen and oxygen atoms in total. The minimum absolute atomic E-state index is 0.251. The van der Waals surface area contributed by atoms with Crippen LogP contribution < -0.4 is 11.3 Å². The van der Waals surface area contributed by atoms with Gasteiger partial charge in [-0.1, -0.05) is 54.2 Å². The fourth-order valence-electron chi connectivity index (χ4n) is 1.84. The van der Waals surface area contributed by atoms with E-state index in [9.17, 15) is 0 Å². The molecule has 0 radical (unpaired) electrons. The van der Waals surface area contributed by atoms with Gasteiger partial charge in [-0.05, 0) is 30.5 Å². The van der Waals surface area contributed by atoms with Crippen molar-refractivity contribution in [3.8, 4) is 0 Å². The van der Waals surface area contributed by atoms with E-state index in [4.69, 9.17) is 5.84 Å². The molecule has 90 valence electrons. The molecule has 0 bridgehead atoms. The van der Waals surface area contributed by atoms with E-state index in [0.717, 1.165) is 10.9 Å². The number of benzene rings is 1. The van der Waals surface area contributed by atoms with E-state index < -0.39 is 0 Å². The van der Waals surface area contributed by atoms with Crippen molar-refractivity contribution in [2.24, 2.45) is 5.84 Å². The van der Waals surface area contributed by atoms with Crippen LogP contribution in [0.3, 0.4) is 0 Å². The quantitative estimate of drug-likeness (QED) is 0.473. The van der Waals surface area contributed by atoms with Crippen molar-refractivity contribution in [1.82, 2.24) is 5.43 Å². The Bertz CT molecular complexity index is 326. The summed E-state index contributed by atoms with van der Waals surface area (Å²) in [6.07, 6.45) is 4.81. The van der Waals surface area contributed by atoms with Gasteiger partial charge in [-0.15, -0.1) is 0 Å². The molecule has 0 spiro atoms. The molecule has 0 saturated heterocycles. The number of nitrogens with one attached hydrogen (secondary N) is 1. The summed E-state index contributed by atoms with van der Waals surface area (Å²) in [5.74, 6) is 5.62. The Morgan fingerprint density at radius 1 is 1.38 bits per heavy atom. The van der Waals surface area contributed by atoms with Crippen LogP contribution in [0.2, 0.25) is 0 Å². The van der Waals surface area contributed by atoms with Crippen LogP contribution in [0.1, 0.15) is 49.8 Å². The van der Waals surface area contributed by atoms with Crippen LogP contribution in [0.25, 0.3) is 0 Å². The zero-order valence-electron chi connectivity index (χ0n) is 10.1. The average molecular weight is 285 g/mol. The number of unbranched alkanes of at least 4 members (excludes halogenated alkanes) is 2. The first kappa shape index (κ1) is 13.7. The monoisotopic (exact) mass is 284 g/mol. The molecule has 0 heterocycles. The molecule has 1 atom stereocenters. The number of hydrogen-bond donors (Lipinski definition) is 2. The predicted molar refractivity (Wildman–Crippen MR) is 73.1 cm³/mol. The zero-order valence-corrected chi connectivity index (χ0v) is 11.7. The molecule has 16 heavy (non-hydrogen) atoms. The molecule has 0 aliphatic heterocycles. The normalized spacial score (nSPS) is 12.8. The summed E-state index contributed by atoms with van der Waals surface area (Å²) >= 11 is 3.60. The van der Waals surface area contributed by atoms with E-state index >= 15 is 0 Å². The number of rotatable bonds is 6. The van der Waals surface area contributed by atoms with Gasteiger partial charge in [-0.25, -0.2) is 0 Å². The molecule has 0 amide bonds. The van der Waals surface area contributed by atoms with Crippen LogP contribution in [0.15, 0.2) is 22.7 Å². The van der Waals surface area contributed by atoms with Gasteiger partial charge in [0.15, 0.2) is 0 Å². The number of aryl methyl sites for hydroxylation is 1. The van der Waals surface area contributed by atoms with Crippen LogP contribution in [0.5, 0.6) is 0 Å². The number of nitrogens with two attached hydrogens (primary N) is 1. The lowest BCUT2D eigenvalue weighted by Crippen LogP contribution is -2.28. The van der Waals surface area contributed by atoms with Crippen LogP contribution >= 0.6 is 15.9 Å². The second kappa shape index (κ2) is 7.05. The van der Waals surface area contributed by atoms with Gasteiger partial charge in [0.1, 0.15) is 0 Å². The molecule has 3 N–H and O–H groups in total. The maximum atomic E-state index is 5.62. The van der Waals surface area contributed by atoms with Crippen LogP contribution in [0.4, 0.5) is 0 Å². The van der Waals surface area contributed by atoms with Crippen molar-refractivity contribution in [2.75, 3.05) is 0 Å². The van der Waals surface area contributed by atoms with Gasteiger partial charge in [0.05, 0.1) is 0 Å². The minimum Gasteiger partial charge on any atom is -0.271 e. The maximum absolute atomic E-state index is 5.62. The van der Waals surface area contributed by atoms with Crippen molar-refractivity contribution < 1.29 is 0 Å². The maximum Gasteiger partial charge on any atom is 0.0471 e. The van der Waals surface area contributed by atoms with Crippen molar-refractivity contribution in [3.05, 3.63) is 33.8 Å². The van der Waals surface area contributed by atoms with Crippen molar-refractivity contribution in [2.45, 2.75) is 45.6 Å². The molecule has 1 aromatic carbocycles. The number of hydrogen-bond acceptors (Lipinski definition) is 2. The molecule has 1 unspecified atom stereocenters. The van der Waals surface area contributed by atoms with E-state index in [1.54, 1.807) is 0 Å². The third-order valence-corrected chi connectivity index (χ3v) is 3.52. The van der Waals surface area contributed by atoms with Gasteiger partial charge < -0.3 is 0 Å². The highest BCUT2D eigenvalue weighted by atomic mass is 79.9. The van der Waals surface area contributed by atoms with Gasteiger partial charge in [0, 0.05) is 10.5 Å². The van der Waals surface area contributed by atoms with Gasteiger partial charge >= 0.3 is 0 Å². The molecule has 3 heteroatoms. The van der Waals surface area contributed by atoms with E-state index in [-0.39, 0.29) is 6.04 Å². The average Bonchev–Trinajstić information content (AvgIpc) is 2.26. The van der Waals surface area contributed by atoms with E-state index in [1.807, 2.05) is 0 Å². The minimum atomic E-state index is 0.251. The lowest BCUT2D eigenvalue weighted by molar-refractivity contribution is 0.485. The highest BCUT2D eigenvalue weighted by Crippen LogP contribution is 2.27. The van der Waals surface area contributed by atoms with Crippen molar-refractivity contribution >= 4 is 15.9 Å². The summed E-state index contributed by atoms with van der Waals surface area (Å²) in [5.41, 5.74) is 5.43. The predicted octanol–water partition coefficient (Wildman–Crippen LogP) is 3.84. The first-order valence-electron chi connectivity index (χ1n) is 5.91. The summed E-state index contributed by atoms with van der Waals surface area (Å²) in [5, 5.41) is 0. The first-order chi connectivity index (χ1) is 7.69. The molecular formula is C13H21BrN2. The second-order valence-electron chi connectivity index (χ2n) is 4.24. The first-order valence-corrected chi connectivity index (χ1v) is 6.70. The zero-order chi connectivity index (χ0) is 12.0. The molecule has 0 saturated carbocycles. The van der Waals surface area contributed by atoms with E-state index in [0.29, 0.717) is 0 Å². The number of hydrazine groups is 1. The summed E-state index contributed by atoms with van der Waals surface area (Å²) in [4.78, 5) is 0. The lowest BCUT2D eigenvalue weighted by atomic mass is 10.00. The van der Waals surface area contributed by atoms with Gasteiger partial charge in [0.25, 0.3) is 0 Å². The Labute approximate surface area is 107 Å². The number of halogens is 1. The molecule has 0 aliphatic carbocycles. The highest BCUT2D eigenvalue weighted by molar-refractivity contribution is 9.10. The van der Waals surface area contributed by atoms with Crippen molar-refractivity contribution in [1.29, 1.82) is 0 Å². The molecule has 1 rings (SSSR count). The van der Waals surface area contributed by atoms with Gasteiger partial charge in [0.2, 0.25) is 0 Å². The van der Waals surface area contributed by atoms with E-state index in [1.165, 1.54) is 30.4 Å². The fraction of sp³-hybridized carbons (Fsp3) is 0.538. The Morgan fingerprint density at radius 2 is 2.12 bits per heavy atom. The van der Waals surface area contributed by atoms with Gasteiger partial charge in [-0.3, -0.25) is 11.3 Å². The SMILES string of the molecule is CCCCCC(NN)c1ccc(C)cc1Br. The summed E-state index contributed by atoms with van der Waals surface area (Å²) < 4.78 is 1.15. The summed E-state index contributed by atoms with van der Waals surface area (Å²) in [6, 6.07) is 6.67. The molecular weight excluding hydrogens is 264 g/mol. The van der Waals surface area contributed by atoms with Crippen LogP contribution in [-0.2, 0) is 0 Å². The molecule has 1 aromatic rings. The Morgan fingerprint density at radius 3 is 2.69 bits per heavy atom. The second-order valence-corrected chi connectivity index (χ2v) is 5.09. The fourth-order valence-corrected chi connectivity index (χ4v) is 2.61. The molecule has 0 fully saturated rings. The standard InChI is InChI=1S/C13H21BrN2/c1-3-4-5-6-13(16-15)11-8-7-10(2)9-12(11)14/h7-9,13,16H,3-6,15H2,1-2H3. The highest BCUT2D eigenvalue weighted by Gasteiger charge is 2.12. The van der Waals surface area contributed by atoms with Crippen molar-refractivity contribution in [3.63, 3.8) is 0 Å². The van der Waals surface area contributed by atoms with E-state index in [2.05, 4.69) is 53.4 Å². The lowest BCUT2D eigenvalue weighted by Gasteiger charge is -2.18. The topological polar surface area (TPSA) is 38.0 Å². The molecule has 0 aromatic heterocycles. The Kier molecular flexibility index (Phi) is 6.03. The van der Waals surface area contributed by atoms with Crippen LogP contribution in [0, 0.1) is 6.92 Å². The molecule has 0 aliphatic rings. The third kappa shape index (κ3) is 3.89. The Balaban J connectivity index is 2.70. The largest absolute Gasteiger partial charge is 0.271 e.